The first-order valence-electron chi connectivity index (χ1n) is 5.78. The molecule has 0 spiro atoms. The van der Waals surface area contributed by atoms with Gasteiger partial charge in [0.2, 0.25) is 0 Å². The Labute approximate surface area is 115 Å². The monoisotopic (exact) mass is 286 g/mol. The van der Waals surface area contributed by atoms with Gasteiger partial charge in [-0.05, 0) is 31.8 Å². The third kappa shape index (κ3) is 2.28. The van der Waals surface area contributed by atoms with Crippen molar-refractivity contribution >= 4 is 23.1 Å². The molecule has 2 heterocycles. The van der Waals surface area contributed by atoms with Crippen molar-refractivity contribution in [1.82, 2.24) is 19.4 Å². The summed E-state index contributed by atoms with van der Waals surface area (Å²) in [4.78, 5) is 0.738. The van der Waals surface area contributed by atoms with Gasteiger partial charge in [-0.2, -0.15) is 5.10 Å². The van der Waals surface area contributed by atoms with E-state index in [0.717, 1.165) is 17.0 Å². The van der Waals surface area contributed by atoms with Gasteiger partial charge in [-0.1, -0.05) is 23.0 Å². The van der Waals surface area contributed by atoms with Crippen LogP contribution in [0.3, 0.4) is 0 Å². The maximum absolute atomic E-state index is 10.5. The summed E-state index contributed by atoms with van der Waals surface area (Å²) in [6.07, 6.45) is 1.47. The van der Waals surface area contributed by atoms with Crippen LogP contribution in [0.4, 0.5) is 0 Å². The van der Waals surface area contributed by atoms with E-state index in [4.69, 9.17) is 11.6 Å². The summed E-state index contributed by atoms with van der Waals surface area (Å²) in [6.45, 7) is 5.96. The van der Waals surface area contributed by atoms with Gasteiger partial charge in [-0.15, -0.1) is 5.10 Å². The molecule has 0 radical (unpaired) electrons. The van der Waals surface area contributed by atoms with Gasteiger partial charge < -0.3 is 5.11 Å². The predicted molar refractivity (Wildman–Crippen MR) is 71.0 cm³/mol. The van der Waals surface area contributed by atoms with Crippen molar-refractivity contribution in [3.63, 3.8) is 0 Å². The van der Waals surface area contributed by atoms with Crippen molar-refractivity contribution in [2.75, 3.05) is 0 Å². The Morgan fingerprint density at radius 2 is 2.22 bits per heavy atom. The lowest BCUT2D eigenvalue weighted by molar-refractivity contribution is 0.207. The van der Waals surface area contributed by atoms with E-state index in [9.17, 15) is 5.11 Å². The summed E-state index contributed by atoms with van der Waals surface area (Å²) in [5, 5.41) is 19.1. The number of hydrogen-bond acceptors (Lipinski definition) is 5. The summed E-state index contributed by atoms with van der Waals surface area (Å²) < 4.78 is 5.62. The molecule has 7 heteroatoms. The Morgan fingerprint density at radius 1 is 1.50 bits per heavy atom. The number of rotatable bonds is 4. The van der Waals surface area contributed by atoms with E-state index in [-0.39, 0.29) is 6.04 Å². The highest BCUT2D eigenvalue weighted by Crippen LogP contribution is 2.32. The highest BCUT2D eigenvalue weighted by atomic mass is 35.5. The number of aromatic nitrogens is 4. The average molecular weight is 287 g/mol. The van der Waals surface area contributed by atoms with Gasteiger partial charge in [0.1, 0.15) is 6.10 Å². The fourth-order valence-electron chi connectivity index (χ4n) is 1.81. The van der Waals surface area contributed by atoms with Crippen molar-refractivity contribution in [3.05, 3.63) is 27.5 Å². The minimum Gasteiger partial charge on any atom is -0.381 e. The topological polar surface area (TPSA) is 63.8 Å². The van der Waals surface area contributed by atoms with Crippen LogP contribution in [-0.4, -0.2) is 24.5 Å². The number of aliphatic hydroxyl groups excluding tert-OH is 1. The quantitative estimate of drug-likeness (QED) is 0.938. The van der Waals surface area contributed by atoms with Crippen LogP contribution in [0.1, 0.15) is 49.2 Å². The summed E-state index contributed by atoms with van der Waals surface area (Å²) in [5.74, 6) is 0. The molecule has 18 heavy (non-hydrogen) atoms. The Morgan fingerprint density at radius 3 is 2.83 bits per heavy atom. The van der Waals surface area contributed by atoms with E-state index in [1.807, 2.05) is 20.8 Å². The predicted octanol–water partition coefficient (Wildman–Crippen LogP) is 2.61. The molecular weight excluding hydrogens is 272 g/mol. The maximum Gasteiger partial charge on any atom is 0.135 e. The van der Waals surface area contributed by atoms with Crippen LogP contribution < -0.4 is 0 Å². The molecule has 0 aliphatic heterocycles. The fourth-order valence-corrected chi connectivity index (χ4v) is 2.77. The molecule has 0 amide bonds. The Kier molecular flexibility index (Phi) is 3.99. The lowest BCUT2D eigenvalue weighted by atomic mass is 10.1. The van der Waals surface area contributed by atoms with Gasteiger partial charge in [0.05, 0.1) is 27.5 Å². The molecule has 2 aromatic rings. The molecule has 2 aromatic heterocycles. The number of aliphatic hydroxyl groups is 1. The smallest absolute Gasteiger partial charge is 0.135 e. The normalized spacial score (nSPS) is 13.2. The van der Waals surface area contributed by atoms with Crippen LogP contribution in [0.25, 0.3) is 0 Å². The molecule has 0 saturated carbocycles. The third-order valence-corrected chi connectivity index (χ3v) is 3.81. The summed E-state index contributed by atoms with van der Waals surface area (Å²) in [5.41, 5.74) is 1.41. The molecule has 1 N–H and O–H groups in total. The van der Waals surface area contributed by atoms with Crippen molar-refractivity contribution in [2.24, 2.45) is 0 Å². The highest BCUT2D eigenvalue weighted by molar-refractivity contribution is 7.05. The largest absolute Gasteiger partial charge is 0.381 e. The second kappa shape index (κ2) is 5.34. The van der Waals surface area contributed by atoms with Gasteiger partial charge in [-0.25, -0.2) is 0 Å². The molecule has 0 aromatic carbocycles. The Balaban J connectivity index is 2.45. The summed E-state index contributed by atoms with van der Waals surface area (Å²) >= 11 is 7.32. The lowest BCUT2D eigenvalue weighted by Gasteiger charge is -2.15. The zero-order chi connectivity index (χ0) is 13.3. The molecule has 98 valence electrons. The van der Waals surface area contributed by atoms with E-state index < -0.39 is 6.10 Å². The first-order valence-corrected chi connectivity index (χ1v) is 6.93. The van der Waals surface area contributed by atoms with Crippen molar-refractivity contribution in [2.45, 2.75) is 39.3 Å². The SMILES string of the molecule is CCc1nnsc1C(O)c1c(Cl)cnn1C(C)C. The zero-order valence-corrected chi connectivity index (χ0v) is 12.0. The van der Waals surface area contributed by atoms with Gasteiger partial charge in [-0.3, -0.25) is 4.68 Å². The van der Waals surface area contributed by atoms with E-state index in [1.165, 1.54) is 11.5 Å². The molecule has 5 nitrogen and oxygen atoms in total. The van der Waals surface area contributed by atoms with Crippen molar-refractivity contribution < 1.29 is 5.11 Å². The van der Waals surface area contributed by atoms with E-state index >= 15 is 0 Å². The van der Waals surface area contributed by atoms with E-state index in [1.54, 1.807) is 10.9 Å². The fraction of sp³-hybridized carbons (Fsp3) is 0.545. The van der Waals surface area contributed by atoms with Gasteiger partial charge in [0, 0.05) is 6.04 Å². The van der Waals surface area contributed by atoms with E-state index in [2.05, 4.69) is 14.7 Å². The molecular formula is C11H15ClN4OS. The van der Waals surface area contributed by atoms with Crippen LogP contribution in [-0.2, 0) is 6.42 Å². The molecule has 0 fully saturated rings. The van der Waals surface area contributed by atoms with E-state index in [0.29, 0.717) is 10.7 Å². The first-order chi connectivity index (χ1) is 8.56. The molecule has 0 aliphatic rings. The number of nitrogens with zero attached hydrogens (tertiary/aromatic N) is 4. The second-order valence-electron chi connectivity index (χ2n) is 4.26. The molecule has 2 rings (SSSR count). The second-order valence-corrected chi connectivity index (χ2v) is 5.45. The zero-order valence-electron chi connectivity index (χ0n) is 10.5. The third-order valence-electron chi connectivity index (χ3n) is 2.70. The molecule has 0 aliphatic carbocycles. The molecule has 1 atom stereocenters. The lowest BCUT2D eigenvalue weighted by Crippen LogP contribution is -2.12. The molecule has 0 bridgehead atoms. The Bertz CT molecular complexity index is 537. The number of hydrogen-bond donors (Lipinski definition) is 1. The minimum atomic E-state index is -0.822. The standard InChI is InChI=1S/C11H15ClN4OS/c1-4-8-11(18-15-14-8)10(17)9-7(12)5-13-16(9)6(2)3/h5-6,10,17H,4H2,1-3H3. The summed E-state index contributed by atoms with van der Waals surface area (Å²) in [6, 6.07) is 0.133. The minimum absolute atomic E-state index is 0.133. The van der Waals surface area contributed by atoms with Crippen LogP contribution >= 0.6 is 23.1 Å². The van der Waals surface area contributed by atoms with Gasteiger partial charge in [0.25, 0.3) is 0 Å². The molecule has 1 unspecified atom stereocenters. The van der Waals surface area contributed by atoms with Crippen molar-refractivity contribution in [3.8, 4) is 0 Å². The van der Waals surface area contributed by atoms with Crippen LogP contribution in [0.5, 0.6) is 0 Å². The Hall–Kier alpha value is -0.980. The highest BCUT2D eigenvalue weighted by Gasteiger charge is 2.25. The van der Waals surface area contributed by atoms with Gasteiger partial charge in [0.15, 0.2) is 0 Å². The number of halogens is 1. The van der Waals surface area contributed by atoms with Gasteiger partial charge >= 0.3 is 0 Å². The first kappa shape index (κ1) is 13.5. The van der Waals surface area contributed by atoms with Crippen LogP contribution in [0, 0.1) is 0 Å². The van der Waals surface area contributed by atoms with Crippen LogP contribution in [0.15, 0.2) is 6.20 Å². The maximum atomic E-state index is 10.5. The molecule has 0 saturated heterocycles. The summed E-state index contributed by atoms with van der Waals surface area (Å²) in [7, 11) is 0. The average Bonchev–Trinajstić information content (AvgIpc) is 2.93. The number of aryl methyl sites for hydroxylation is 1. The van der Waals surface area contributed by atoms with Crippen LogP contribution in [0.2, 0.25) is 5.02 Å². The van der Waals surface area contributed by atoms with Crippen molar-refractivity contribution in [1.29, 1.82) is 0 Å².